The molecule has 0 radical (unpaired) electrons. The minimum absolute atomic E-state index is 0.516. The van der Waals surface area contributed by atoms with Crippen LogP contribution in [-0.4, -0.2) is 6.08 Å². The molecule has 0 aliphatic carbocycles. The van der Waals surface area contributed by atoms with E-state index in [4.69, 9.17) is 0 Å². The predicted molar refractivity (Wildman–Crippen MR) is 71.4 cm³/mol. The Balaban J connectivity index is 2.95. The van der Waals surface area contributed by atoms with Crippen LogP contribution in [0.2, 0.25) is 0 Å². The number of hydrogen-bond donors (Lipinski definition) is 0. The van der Waals surface area contributed by atoms with E-state index in [0.717, 1.165) is 16.7 Å². The standard InChI is InChI=1S/C15H17NO/c1-12(2)5-6-13-7-9-14(10-8-13)15(3,4)16-11-17/h5-10H,1H2,2-4H3. The Kier molecular flexibility index (Phi) is 4.19. The molecule has 0 saturated heterocycles. The van der Waals surface area contributed by atoms with Crippen LogP contribution < -0.4 is 0 Å². The van der Waals surface area contributed by atoms with Gasteiger partial charge in [0.15, 0.2) is 0 Å². The molecule has 0 atom stereocenters. The number of hydrogen-bond acceptors (Lipinski definition) is 2. The average Bonchev–Trinajstić information content (AvgIpc) is 2.27. The van der Waals surface area contributed by atoms with Crippen molar-refractivity contribution in [3.8, 4) is 0 Å². The number of benzene rings is 1. The van der Waals surface area contributed by atoms with E-state index in [-0.39, 0.29) is 0 Å². The second-order valence-corrected chi connectivity index (χ2v) is 4.56. The van der Waals surface area contributed by atoms with Gasteiger partial charge in [0.25, 0.3) is 0 Å². The Bertz CT molecular complexity index is 474. The molecule has 0 N–H and O–H groups in total. The SMILES string of the molecule is C=C(C)C=Cc1ccc(C(C)(C)N=C=O)cc1. The number of aliphatic imine (C=N–C) groups is 1. The summed E-state index contributed by atoms with van der Waals surface area (Å²) >= 11 is 0. The van der Waals surface area contributed by atoms with Crippen molar-refractivity contribution in [2.75, 3.05) is 0 Å². The first-order valence-corrected chi connectivity index (χ1v) is 5.49. The van der Waals surface area contributed by atoms with Gasteiger partial charge in [-0.2, -0.15) is 4.99 Å². The lowest BCUT2D eigenvalue weighted by Crippen LogP contribution is -2.13. The van der Waals surface area contributed by atoms with E-state index in [0.29, 0.717) is 0 Å². The largest absolute Gasteiger partial charge is 0.235 e. The van der Waals surface area contributed by atoms with Crippen molar-refractivity contribution in [3.63, 3.8) is 0 Å². The van der Waals surface area contributed by atoms with Crippen LogP contribution >= 0.6 is 0 Å². The van der Waals surface area contributed by atoms with Gasteiger partial charge in [0, 0.05) is 0 Å². The van der Waals surface area contributed by atoms with Crippen molar-refractivity contribution >= 4 is 12.2 Å². The maximum atomic E-state index is 10.3. The molecule has 0 aliphatic heterocycles. The second-order valence-electron chi connectivity index (χ2n) is 4.56. The van der Waals surface area contributed by atoms with Crippen LogP contribution in [0.25, 0.3) is 6.08 Å². The van der Waals surface area contributed by atoms with Crippen molar-refractivity contribution in [1.82, 2.24) is 0 Å². The lowest BCUT2D eigenvalue weighted by Gasteiger charge is -2.17. The summed E-state index contributed by atoms with van der Waals surface area (Å²) in [4.78, 5) is 14.1. The van der Waals surface area contributed by atoms with E-state index in [2.05, 4.69) is 11.6 Å². The molecule has 88 valence electrons. The lowest BCUT2D eigenvalue weighted by atomic mass is 9.94. The Morgan fingerprint density at radius 2 is 1.94 bits per heavy atom. The number of rotatable bonds is 4. The minimum Gasteiger partial charge on any atom is -0.211 e. The number of isocyanates is 1. The molecular formula is C15H17NO. The first-order chi connectivity index (χ1) is 7.95. The van der Waals surface area contributed by atoms with E-state index < -0.39 is 5.54 Å². The Labute approximate surface area is 102 Å². The zero-order valence-corrected chi connectivity index (χ0v) is 10.5. The van der Waals surface area contributed by atoms with Crippen LogP contribution in [-0.2, 0) is 10.3 Å². The quantitative estimate of drug-likeness (QED) is 0.436. The third-order valence-electron chi connectivity index (χ3n) is 2.50. The molecule has 1 aromatic carbocycles. The van der Waals surface area contributed by atoms with Crippen LogP contribution in [0.4, 0.5) is 0 Å². The van der Waals surface area contributed by atoms with Gasteiger partial charge < -0.3 is 0 Å². The Hall–Kier alpha value is -1.92. The van der Waals surface area contributed by atoms with Gasteiger partial charge in [-0.1, -0.05) is 48.6 Å². The molecule has 2 nitrogen and oxygen atoms in total. The van der Waals surface area contributed by atoms with Crippen molar-refractivity contribution in [3.05, 3.63) is 53.6 Å². The summed E-state index contributed by atoms with van der Waals surface area (Å²) < 4.78 is 0. The van der Waals surface area contributed by atoms with Crippen molar-refractivity contribution in [2.45, 2.75) is 26.3 Å². The second kappa shape index (κ2) is 5.42. The van der Waals surface area contributed by atoms with Gasteiger partial charge in [0.1, 0.15) is 0 Å². The summed E-state index contributed by atoms with van der Waals surface area (Å²) in [7, 11) is 0. The van der Waals surface area contributed by atoms with Crippen molar-refractivity contribution in [1.29, 1.82) is 0 Å². The summed E-state index contributed by atoms with van der Waals surface area (Å²) in [6, 6.07) is 7.94. The molecule has 0 aliphatic rings. The van der Waals surface area contributed by atoms with Gasteiger partial charge in [-0.05, 0) is 31.9 Å². The zero-order valence-electron chi connectivity index (χ0n) is 10.5. The first-order valence-electron chi connectivity index (χ1n) is 5.49. The molecule has 0 spiro atoms. The summed E-state index contributed by atoms with van der Waals surface area (Å²) in [5, 5.41) is 0. The fourth-order valence-electron chi connectivity index (χ4n) is 1.42. The fraction of sp³-hybridized carbons (Fsp3) is 0.267. The molecule has 1 rings (SSSR count). The third-order valence-corrected chi connectivity index (χ3v) is 2.50. The Morgan fingerprint density at radius 3 is 2.41 bits per heavy atom. The highest BCUT2D eigenvalue weighted by atomic mass is 16.1. The van der Waals surface area contributed by atoms with Crippen LogP contribution in [0.5, 0.6) is 0 Å². The topological polar surface area (TPSA) is 29.4 Å². The van der Waals surface area contributed by atoms with E-state index in [1.54, 1.807) is 6.08 Å². The fourth-order valence-corrected chi connectivity index (χ4v) is 1.42. The van der Waals surface area contributed by atoms with Gasteiger partial charge in [0.05, 0.1) is 5.54 Å². The third kappa shape index (κ3) is 3.86. The van der Waals surface area contributed by atoms with E-state index in [1.165, 1.54) is 0 Å². The molecule has 0 fully saturated rings. The van der Waals surface area contributed by atoms with Crippen LogP contribution in [0.15, 0.2) is 47.5 Å². The highest BCUT2D eigenvalue weighted by Gasteiger charge is 2.18. The molecule has 0 aromatic heterocycles. The normalized spacial score (nSPS) is 11.2. The Morgan fingerprint density at radius 1 is 1.35 bits per heavy atom. The van der Waals surface area contributed by atoms with E-state index in [9.17, 15) is 4.79 Å². The summed E-state index contributed by atoms with van der Waals surface area (Å²) in [6.45, 7) is 9.53. The van der Waals surface area contributed by atoms with Crippen molar-refractivity contribution in [2.24, 2.45) is 4.99 Å². The van der Waals surface area contributed by atoms with E-state index >= 15 is 0 Å². The van der Waals surface area contributed by atoms with Gasteiger partial charge in [0.2, 0.25) is 6.08 Å². The molecule has 0 amide bonds. The van der Waals surface area contributed by atoms with Crippen LogP contribution in [0.3, 0.4) is 0 Å². The van der Waals surface area contributed by atoms with Crippen molar-refractivity contribution < 1.29 is 4.79 Å². The summed E-state index contributed by atoms with van der Waals surface area (Å²) in [5.41, 5.74) is 2.59. The van der Waals surface area contributed by atoms with Crippen LogP contribution in [0, 0.1) is 0 Å². The highest BCUT2D eigenvalue weighted by molar-refractivity contribution is 5.53. The number of carbonyl (C=O) groups excluding carboxylic acids is 1. The predicted octanol–water partition coefficient (Wildman–Crippen LogP) is 3.85. The zero-order chi connectivity index (χ0) is 12.9. The van der Waals surface area contributed by atoms with Gasteiger partial charge >= 0.3 is 0 Å². The maximum Gasteiger partial charge on any atom is 0.235 e. The molecule has 0 unspecified atom stereocenters. The smallest absolute Gasteiger partial charge is 0.211 e. The number of allylic oxidation sites excluding steroid dienone is 2. The average molecular weight is 227 g/mol. The molecule has 17 heavy (non-hydrogen) atoms. The number of nitrogens with zero attached hydrogens (tertiary/aromatic N) is 1. The monoisotopic (exact) mass is 227 g/mol. The van der Waals surface area contributed by atoms with Gasteiger partial charge in [-0.3, -0.25) is 0 Å². The van der Waals surface area contributed by atoms with Gasteiger partial charge in [-0.25, -0.2) is 4.79 Å². The summed E-state index contributed by atoms with van der Waals surface area (Å²) in [6.07, 6.45) is 5.57. The highest BCUT2D eigenvalue weighted by Crippen LogP contribution is 2.24. The molecule has 0 heterocycles. The molecule has 1 aromatic rings. The minimum atomic E-state index is -0.516. The maximum absolute atomic E-state index is 10.3. The molecular weight excluding hydrogens is 210 g/mol. The lowest BCUT2D eigenvalue weighted by molar-refractivity contribution is 0.523. The molecule has 2 heteroatoms. The van der Waals surface area contributed by atoms with Crippen LogP contribution in [0.1, 0.15) is 31.9 Å². The van der Waals surface area contributed by atoms with Gasteiger partial charge in [-0.15, -0.1) is 0 Å². The van der Waals surface area contributed by atoms with E-state index in [1.807, 2.05) is 57.2 Å². The first kappa shape index (κ1) is 13.1. The summed E-state index contributed by atoms with van der Waals surface area (Å²) in [5.74, 6) is 0. The molecule has 0 bridgehead atoms. The molecule has 0 saturated carbocycles.